The van der Waals surface area contributed by atoms with Crippen LogP contribution in [0.5, 0.6) is 0 Å². The number of rotatable bonds is 4. The van der Waals surface area contributed by atoms with Gasteiger partial charge in [0.25, 0.3) is 0 Å². The number of piperidine rings is 1. The van der Waals surface area contributed by atoms with Crippen molar-refractivity contribution >= 4 is 5.91 Å². The molecule has 0 spiro atoms. The van der Waals surface area contributed by atoms with Gasteiger partial charge in [0, 0.05) is 19.0 Å². The largest absolute Gasteiger partial charge is 0.340 e. The molecule has 0 aromatic rings. The second kappa shape index (κ2) is 5.25. The summed E-state index contributed by atoms with van der Waals surface area (Å²) in [6, 6.07) is 0.547. The van der Waals surface area contributed by atoms with E-state index in [0.717, 1.165) is 25.8 Å². The highest BCUT2D eigenvalue weighted by molar-refractivity contribution is 5.77. The van der Waals surface area contributed by atoms with Crippen molar-refractivity contribution in [2.75, 3.05) is 6.54 Å². The van der Waals surface area contributed by atoms with Gasteiger partial charge in [0.15, 0.2) is 0 Å². The summed E-state index contributed by atoms with van der Waals surface area (Å²) in [5, 5.41) is 0. The minimum Gasteiger partial charge on any atom is -0.340 e. The summed E-state index contributed by atoms with van der Waals surface area (Å²) in [7, 11) is 0. The Balaban J connectivity index is 2.51. The molecule has 0 bridgehead atoms. The van der Waals surface area contributed by atoms with Crippen molar-refractivity contribution in [3.05, 3.63) is 0 Å². The van der Waals surface area contributed by atoms with Crippen LogP contribution >= 0.6 is 0 Å². The van der Waals surface area contributed by atoms with E-state index in [4.69, 9.17) is 0 Å². The molecule has 0 saturated carbocycles. The van der Waals surface area contributed by atoms with Crippen molar-refractivity contribution in [1.29, 1.82) is 0 Å². The Morgan fingerprint density at radius 2 is 2.15 bits per heavy atom. The van der Waals surface area contributed by atoms with E-state index in [1.54, 1.807) is 0 Å². The van der Waals surface area contributed by atoms with Gasteiger partial charge in [-0.05, 0) is 25.7 Å². The summed E-state index contributed by atoms with van der Waals surface area (Å²) in [6.45, 7) is 5.30. The van der Waals surface area contributed by atoms with E-state index in [1.165, 1.54) is 19.3 Å². The van der Waals surface area contributed by atoms with Crippen LogP contribution in [0.4, 0.5) is 0 Å². The molecule has 0 N–H and O–H groups in total. The van der Waals surface area contributed by atoms with Gasteiger partial charge >= 0.3 is 0 Å². The molecule has 0 aliphatic carbocycles. The van der Waals surface area contributed by atoms with E-state index in [-0.39, 0.29) is 0 Å². The average Bonchev–Trinajstić information content (AvgIpc) is 2.11. The highest BCUT2D eigenvalue weighted by Gasteiger charge is 2.25. The molecule has 1 amide bonds. The van der Waals surface area contributed by atoms with Gasteiger partial charge in [0.1, 0.15) is 0 Å². The zero-order valence-corrected chi connectivity index (χ0v) is 8.88. The molecule has 0 aromatic heterocycles. The first-order chi connectivity index (χ1) is 6.29. The number of amides is 1. The number of likely N-dealkylation sites (tertiary alicyclic amines) is 1. The van der Waals surface area contributed by atoms with Crippen molar-refractivity contribution in [1.82, 2.24) is 4.90 Å². The van der Waals surface area contributed by atoms with E-state index in [2.05, 4.69) is 18.7 Å². The minimum absolute atomic E-state index is 0.381. The van der Waals surface area contributed by atoms with Gasteiger partial charge < -0.3 is 4.90 Å². The highest BCUT2D eigenvalue weighted by atomic mass is 16.2. The second-order valence-corrected chi connectivity index (χ2v) is 3.92. The van der Waals surface area contributed by atoms with Gasteiger partial charge in [-0.25, -0.2) is 0 Å². The van der Waals surface area contributed by atoms with Crippen LogP contribution in [0, 0.1) is 0 Å². The van der Waals surface area contributed by atoms with Gasteiger partial charge in [-0.3, -0.25) is 4.79 Å². The predicted octanol–water partition coefficient (Wildman–Crippen LogP) is 2.58. The fourth-order valence-electron chi connectivity index (χ4n) is 2.17. The Morgan fingerprint density at radius 1 is 1.38 bits per heavy atom. The lowest BCUT2D eigenvalue weighted by Gasteiger charge is -2.35. The fraction of sp³-hybridized carbons (Fsp3) is 0.909. The van der Waals surface area contributed by atoms with Crippen molar-refractivity contribution in [2.45, 2.75) is 58.4 Å². The van der Waals surface area contributed by atoms with Crippen LogP contribution in [0.25, 0.3) is 0 Å². The topological polar surface area (TPSA) is 20.3 Å². The number of hydrogen-bond acceptors (Lipinski definition) is 1. The first kappa shape index (κ1) is 10.6. The first-order valence-corrected chi connectivity index (χ1v) is 5.59. The van der Waals surface area contributed by atoms with Gasteiger partial charge in [-0.15, -0.1) is 0 Å². The molecule has 1 rings (SSSR count). The molecule has 0 aromatic carbocycles. The summed E-state index contributed by atoms with van der Waals surface area (Å²) in [6.07, 6.45) is 6.57. The predicted molar refractivity (Wildman–Crippen MR) is 54.6 cm³/mol. The molecule has 1 aliphatic heterocycles. The minimum atomic E-state index is 0.381. The Bertz CT molecular complexity index is 165. The van der Waals surface area contributed by atoms with E-state index in [9.17, 15) is 4.79 Å². The zero-order chi connectivity index (χ0) is 9.68. The van der Waals surface area contributed by atoms with E-state index >= 15 is 0 Å². The molecule has 2 nitrogen and oxygen atoms in total. The van der Waals surface area contributed by atoms with Crippen molar-refractivity contribution in [3.8, 4) is 0 Å². The Hall–Kier alpha value is -0.530. The Morgan fingerprint density at radius 3 is 2.77 bits per heavy atom. The van der Waals surface area contributed by atoms with Crippen LogP contribution in [0.1, 0.15) is 52.4 Å². The molecule has 1 fully saturated rings. The van der Waals surface area contributed by atoms with E-state index in [1.807, 2.05) is 0 Å². The number of nitrogens with zero attached hydrogens (tertiary/aromatic N) is 1. The van der Waals surface area contributed by atoms with E-state index in [0.29, 0.717) is 11.9 Å². The molecule has 2 heteroatoms. The SMILES string of the molecule is CCCC1CCCC(=O)N1CCC. The summed E-state index contributed by atoms with van der Waals surface area (Å²) >= 11 is 0. The smallest absolute Gasteiger partial charge is 0.222 e. The lowest BCUT2D eigenvalue weighted by molar-refractivity contribution is -0.136. The number of hydrogen-bond donors (Lipinski definition) is 0. The van der Waals surface area contributed by atoms with Crippen LogP contribution in [0.15, 0.2) is 0 Å². The maximum absolute atomic E-state index is 11.6. The molecule has 0 radical (unpaired) electrons. The van der Waals surface area contributed by atoms with E-state index < -0.39 is 0 Å². The normalized spacial score (nSPS) is 23.7. The highest BCUT2D eigenvalue weighted by Crippen LogP contribution is 2.21. The molecule has 1 heterocycles. The molecule has 76 valence electrons. The quantitative estimate of drug-likeness (QED) is 0.656. The molecule has 1 atom stereocenters. The number of carbonyl (C=O) groups is 1. The van der Waals surface area contributed by atoms with Gasteiger partial charge in [0.2, 0.25) is 5.91 Å². The van der Waals surface area contributed by atoms with Crippen LogP contribution < -0.4 is 0 Å². The summed E-state index contributed by atoms with van der Waals surface area (Å²) in [5.74, 6) is 0.381. The van der Waals surface area contributed by atoms with Crippen molar-refractivity contribution in [2.24, 2.45) is 0 Å². The standard InChI is InChI=1S/C11H21NO/c1-3-6-10-7-5-8-11(13)12(10)9-4-2/h10H,3-9H2,1-2H3. The zero-order valence-electron chi connectivity index (χ0n) is 8.88. The summed E-state index contributed by atoms with van der Waals surface area (Å²) < 4.78 is 0. The van der Waals surface area contributed by atoms with Crippen LogP contribution in [-0.2, 0) is 4.79 Å². The third-order valence-corrected chi connectivity index (χ3v) is 2.78. The second-order valence-electron chi connectivity index (χ2n) is 3.92. The third-order valence-electron chi connectivity index (χ3n) is 2.78. The Kier molecular flexibility index (Phi) is 4.26. The lowest BCUT2D eigenvalue weighted by atomic mass is 9.97. The Labute approximate surface area is 81.3 Å². The molecule has 1 aliphatic rings. The molecule has 1 unspecified atom stereocenters. The third kappa shape index (κ3) is 2.71. The van der Waals surface area contributed by atoms with Gasteiger partial charge in [0.05, 0.1) is 0 Å². The lowest BCUT2D eigenvalue weighted by Crippen LogP contribution is -2.43. The van der Waals surface area contributed by atoms with Crippen LogP contribution in [-0.4, -0.2) is 23.4 Å². The molecular formula is C11H21NO. The van der Waals surface area contributed by atoms with Crippen LogP contribution in [0.3, 0.4) is 0 Å². The maximum Gasteiger partial charge on any atom is 0.222 e. The van der Waals surface area contributed by atoms with Crippen molar-refractivity contribution < 1.29 is 4.79 Å². The van der Waals surface area contributed by atoms with Gasteiger partial charge in [-0.2, -0.15) is 0 Å². The molecule has 1 saturated heterocycles. The fourth-order valence-corrected chi connectivity index (χ4v) is 2.17. The molecule has 13 heavy (non-hydrogen) atoms. The van der Waals surface area contributed by atoms with Crippen molar-refractivity contribution in [3.63, 3.8) is 0 Å². The first-order valence-electron chi connectivity index (χ1n) is 5.59. The molecular weight excluding hydrogens is 162 g/mol. The summed E-state index contributed by atoms with van der Waals surface area (Å²) in [5.41, 5.74) is 0. The average molecular weight is 183 g/mol. The number of carbonyl (C=O) groups excluding carboxylic acids is 1. The maximum atomic E-state index is 11.6. The van der Waals surface area contributed by atoms with Gasteiger partial charge in [-0.1, -0.05) is 20.3 Å². The summed E-state index contributed by atoms with van der Waals surface area (Å²) in [4.78, 5) is 13.7. The van der Waals surface area contributed by atoms with Crippen LogP contribution in [0.2, 0.25) is 0 Å². The monoisotopic (exact) mass is 183 g/mol.